The van der Waals surface area contributed by atoms with E-state index in [-0.39, 0.29) is 18.8 Å². The maximum Gasteiger partial charge on any atom is 0.0645 e. The summed E-state index contributed by atoms with van der Waals surface area (Å²) in [4.78, 5) is 0. The van der Waals surface area contributed by atoms with Crippen LogP contribution >= 0.6 is 0 Å². The van der Waals surface area contributed by atoms with Crippen LogP contribution in [0.15, 0.2) is 0 Å². The Hall–Kier alpha value is -0.160. The topological polar surface area (TPSA) is 50.7 Å². The van der Waals surface area contributed by atoms with Crippen molar-refractivity contribution in [2.75, 3.05) is 20.3 Å². The first kappa shape index (κ1) is 14.9. The van der Waals surface area contributed by atoms with Crippen molar-refractivity contribution in [3.8, 4) is 0 Å². The normalized spacial score (nSPS) is 27.4. The van der Waals surface area contributed by atoms with Crippen molar-refractivity contribution in [1.29, 1.82) is 0 Å². The molecule has 0 aliphatic heterocycles. The van der Waals surface area contributed by atoms with Crippen molar-refractivity contribution in [2.24, 2.45) is 0 Å². The Labute approximate surface area is 105 Å². The third-order valence-electron chi connectivity index (χ3n) is 3.23. The van der Waals surface area contributed by atoms with E-state index in [0.29, 0.717) is 18.8 Å². The number of hydrogen-bond donors (Lipinski definition) is 2. The van der Waals surface area contributed by atoms with Crippen molar-refractivity contribution in [2.45, 2.75) is 63.8 Å². The van der Waals surface area contributed by atoms with Gasteiger partial charge >= 0.3 is 0 Å². The van der Waals surface area contributed by atoms with E-state index in [2.05, 4.69) is 19.2 Å². The molecule has 102 valence electrons. The highest BCUT2D eigenvalue weighted by atomic mass is 16.5. The molecule has 17 heavy (non-hydrogen) atoms. The minimum absolute atomic E-state index is 0.0397. The molecule has 0 bridgehead atoms. The summed E-state index contributed by atoms with van der Waals surface area (Å²) in [6, 6.07) is 0.409. The summed E-state index contributed by atoms with van der Waals surface area (Å²) in [5.74, 6) is 0. The van der Waals surface area contributed by atoms with E-state index in [1.807, 2.05) is 0 Å². The molecule has 1 rings (SSSR count). The highest BCUT2D eigenvalue weighted by Gasteiger charge is 2.23. The fraction of sp³-hybridized carbons (Fsp3) is 1.00. The number of aliphatic hydroxyl groups excluding tert-OH is 1. The first-order chi connectivity index (χ1) is 8.15. The van der Waals surface area contributed by atoms with Gasteiger partial charge in [0, 0.05) is 13.2 Å². The van der Waals surface area contributed by atoms with Gasteiger partial charge in [-0.15, -0.1) is 0 Å². The van der Waals surface area contributed by atoms with Crippen LogP contribution in [-0.4, -0.2) is 49.7 Å². The number of aliphatic hydroxyl groups is 1. The van der Waals surface area contributed by atoms with E-state index in [9.17, 15) is 5.11 Å². The van der Waals surface area contributed by atoms with Crippen LogP contribution < -0.4 is 5.32 Å². The molecule has 0 aromatic heterocycles. The smallest absolute Gasteiger partial charge is 0.0645 e. The number of methoxy groups -OCH3 is 1. The van der Waals surface area contributed by atoms with Crippen LogP contribution in [0.2, 0.25) is 0 Å². The van der Waals surface area contributed by atoms with Crippen molar-refractivity contribution >= 4 is 0 Å². The van der Waals surface area contributed by atoms with E-state index in [0.717, 1.165) is 19.3 Å². The van der Waals surface area contributed by atoms with Gasteiger partial charge in [0.15, 0.2) is 0 Å². The first-order valence-corrected chi connectivity index (χ1v) is 6.67. The molecule has 0 radical (unpaired) electrons. The first-order valence-electron chi connectivity index (χ1n) is 6.67. The van der Waals surface area contributed by atoms with Gasteiger partial charge in [0.05, 0.1) is 31.5 Å². The van der Waals surface area contributed by atoms with E-state index >= 15 is 0 Å². The van der Waals surface area contributed by atoms with Crippen molar-refractivity contribution < 1.29 is 14.6 Å². The fourth-order valence-electron chi connectivity index (χ4n) is 2.34. The molecule has 3 atom stereocenters. The van der Waals surface area contributed by atoms with Crippen LogP contribution in [0, 0.1) is 0 Å². The average molecular weight is 245 g/mol. The maximum atomic E-state index is 9.24. The molecule has 0 aromatic rings. The van der Waals surface area contributed by atoms with E-state index in [1.165, 1.54) is 6.42 Å². The number of ether oxygens (including phenoxy) is 2. The van der Waals surface area contributed by atoms with Gasteiger partial charge < -0.3 is 19.9 Å². The molecule has 0 saturated heterocycles. The lowest BCUT2D eigenvalue weighted by molar-refractivity contribution is -0.0396. The third kappa shape index (κ3) is 5.82. The predicted octanol–water partition coefficient (Wildman–Crippen LogP) is 1.32. The molecule has 2 N–H and O–H groups in total. The van der Waals surface area contributed by atoms with Gasteiger partial charge in [0.2, 0.25) is 0 Å². The predicted molar refractivity (Wildman–Crippen MR) is 68.2 cm³/mol. The molecule has 1 aliphatic rings. The quantitative estimate of drug-likeness (QED) is 0.710. The van der Waals surface area contributed by atoms with E-state index < -0.39 is 0 Å². The summed E-state index contributed by atoms with van der Waals surface area (Å²) in [6.07, 6.45) is 5.04. The second-order valence-electron chi connectivity index (χ2n) is 5.18. The highest BCUT2D eigenvalue weighted by molar-refractivity contribution is 4.75. The lowest BCUT2D eigenvalue weighted by Crippen LogP contribution is -2.42. The van der Waals surface area contributed by atoms with Gasteiger partial charge in [-0.3, -0.25) is 0 Å². The highest BCUT2D eigenvalue weighted by Crippen LogP contribution is 2.23. The lowest BCUT2D eigenvalue weighted by Gasteiger charge is -2.29. The number of hydrogen-bond acceptors (Lipinski definition) is 4. The summed E-state index contributed by atoms with van der Waals surface area (Å²) in [7, 11) is 1.77. The van der Waals surface area contributed by atoms with Crippen LogP contribution in [0.25, 0.3) is 0 Å². The molecular weight excluding hydrogens is 218 g/mol. The standard InChI is InChI=1S/C13H27NO3/c1-10(2)14-11(8-15)9-17-13-6-4-5-12(7-13)16-3/h10-15H,4-9H2,1-3H3. The van der Waals surface area contributed by atoms with Crippen LogP contribution in [0.3, 0.4) is 0 Å². The second kappa shape index (κ2) is 8.03. The number of nitrogens with one attached hydrogen (secondary N) is 1. The largest absolute Gasteiger partial charge is 0.395 e. The van der Waals surface area contributed by atoms with E-state index in [4.69, 9.17) is 9.47 Å². The summed E-state index contributed by atoms with van der Waals surface area (Å²) in [6.45, 7) is 4.85. The van der Waals surface area contributed by atoms with E-state index in [1.54, 1.807) is 7.11 Å². The zero-order chi connectivity index (χ0) is 12.7. The Bertz CT molecular complexity index is 199. The van der Waals surface area contributed by atoms with Gasteiger partial charge in [-0.2, -0.15) is 0 Å². The maximum absolute atomic E-state index is 9.24. The molecule has 3 unspecified atom stereocenters. The molecule has 0 amide bonds. The molecule has 1 saturated carbocycles. The molecule has 4 heteroatoms. The van der Waals surface area contributed by atoms with Gasteiger partial charge in [-0.1, -0.05) is 13.8 Å². The van der Waals surface area contributed by atoms with Gasteiger partial charge in [0.25, 0.3) is 0 Å². The Morgan fingerprint density at radius 2 is 2.00 bits per heavy atom. The van der Waals surface area contributed by atoms with Crippen LogP contribution in [0.1, 0.15) is 39.5 Å². The van der Waals surface area contributed by atoms with Crippen molar-refractivity contribution in [1.82, 2.24) is 5.32 Å². The van der Waals surface area contributed by atoms with Gasteiger partial charge in [0.1, 0.15) is 0 Å². The Morgan fingerprint density at radius 1 is 1.29 bits per heavy atom. The molecule has 0 heterocycles. The third-order valence-corrected chi connectivity index (χ3v) is 3.23. The zero-order valence-electron chi connectivity index (χ0n) is 11.3. The summed E-state index contributed by atoms with van der Waals surface area (Å²) >= 11 is 0. The minimum atomic E-state index is 0.0397. The lowest BCUT2D eigenvalue weighted by atomic mass is 9.95. The van der Waals surface area contributed by atoms with Gasteiger partial charge in [-0.25, -0.2) is 0 Å². The summed E-state index contributed by atoms with van der Waals surface area (Å²) in [5.41, 5.74) is 0. The van der Waals surface area contributed by atoms with Crippen LogP contribution in [-0.2, 0) is 9.47 Å². The number of rotatable bonds is 7. The van der Waals surface area contributed by atoms with Crippen LogP contribution in [0.5, 0.6) is 0 Å². The van der Waals surface area contributed by atoms with Crippen molar-refractivity contribution in [3.63, 3.8) is 0 Å². The average Bonchev–Trinajstić information content (AvgIpc) is 2.34. The molecule has 1 aliphatic carbocycles. The van der Waals surface area contributed by atoms with Crippen LogP contribution in [0.4, 0.5) is 0 Å². The Kier molecular flexibility index (Phi) is 7.04. The molecule has 1 fully saturated rings. The molecule has 4 nitrogen and oxygen atoms in total. The molecule has 0 aromatic carbocycles. The molecule has 0 spiro atoms. The minimum Gasteiger partial charge on any atom is -0.395 e. The SMILES string of the molecule is COC1CCCC(OCC(CO)NC(C)C)C1. The zero-order valence-corrected chi connectivity index (χ0v) is 11.3. The second-order valence-corrected chi connectivity index (χ2v) is 5.18. The molecular formula is C13H27NO3. The van der Waals surface area contributed by atoms with Gasteiger partial charge in [-0.05, 0) is 25.7 Å². The Balaban J connectivity index is 2.23. The summed E-state index contributed by atoms with van der Waals surface area (Å²) < 4.78 is 11.2. The Morgan fingerprint density at radius 3 is 2.59 bits per heavy atom. The monoisotopic (exact) mass is 245 g/mol. The summed E-state index contributed by atoms with van der Waals surface area (Å²) in [5, 5.41) is 12.5. The fourth-order valence-corrected chi connectivity index (χ4v) is 2.34. The van der Waals surface area contributed by atoms with Crippen molar-refractivity contribution in [3.05, 3.63) is 0 Å².